The summed E-state index contributed by atoms with van der Waals surface area (Å²) in [5.41, 5.74) is 2.78. The summed E-state index contributed by atoms with van der Waals surface area (Å²) < 4.78 is 13.2. The molecule has 0 aliphatic carbocycles. The molecule has 3 nitrogen and oxygen atoms in total. The van der Waals surface area contributed by atoms with Crippen LogP contribution in [0.2, 0.25) is 5.02 Å². The maximum atomic E-state index is 13.2. The largest absolute Gasteiger partial charge is 0.379 e. The van der Waals surface area contributed by atoms with Crippen molar-refractivity contribution >= 4 is 28.9 Å². The van der Waals surface area contributed by atoms with Crippen LogP contribution in [0.4, 0.5) is 15.8 Å². The highest BCUT2D eigenvalue weighted by atomic mass is 35.5. The van der Waals surface area contributed by atoms with Gasteiger partial charge in [-0.15, -0.1) is 0 Å². The van der Waals surface area contributed by atoms with Gasteiger partial charge in [-0.05, 0) is 55.3 Å². The Morgan fingerprint density at radius 1 is 1.22 bits per heavy atom. The highest BCUT2D eigenvalue weighted by Gasteiger charge is 2.21. The summed E-state index contributed by atoms with van der Waals surface area (Å²) in [7, 11) is 0. The van der Waals surface area contributed by atoms with Crippen LogP contribution < -0.4 is 10.2 Å². The Balaban J connectivity index is 1.70. The third-order valence-corrected chi connectivity index (χ3v) is 4.37. The Labute approximate surface area is 140 Å². The first-order chi connectivity index (χ1) is 11.0. The van der Waals surface area contributed by atoms with E-state index in [0.717, 1.165) is 29.9 Å². The van der Waals surface area contributed by atoms with Crippen LogP contribution in [0.15, 0.2) is 42.5 Å². The number of hydrogen-bond acceptors (Lipinski definition) is 2. The van der Waals surface area contributed by atoms with Gasteiger partial charge in [0.2, 0.25) is 5.91 Å². The summed E-state index contributed by atoms with van der Waals surface area (Å²) in [5, 5.41) is 3.47. The molecule has 3 rings (SSSR count). The van der Waals surface area contributed by atoms with E-state index >= 15 is 0 Å². The van der Waals surface area contributed by atoms with Gasteiger partial charge in [-0.1, -0.05) is 17.7 Å². The van der Waals surface area contributed by atoms with E-state index < -0.39 is 5.82 Å². The van der Waals surface area contributed by atoms with Gasteiger partial charge in [0.05, 0.1) is 5.02 Å². The Morgan fingerprint density at radius 3 is 2.57 bits per heavy atom. The van der Waals surface area contributed by atoms with Gasteiger partial charge in [-0.25, -0.2) is 4.39 Å². The third kappa shape index (κ3) is 3.48. The maximum Gasteiger partial charge on any atom is 0.227 e. The SMILES string of the molecule is CC(Nc1ccc(N2CCCC2=O)cc1)c1ccc(F)c(Cl)c1. The third-order valence-electron chi connectivity index (χ3n) is 4.08. The number of carbonyl (C=O) groups excluding carboxylic acids is 1. The van der Waals surface area contributed by atoms with Gasteiger partial charge < -0.3 is 10.2 Å². The smallest absolute Gasteiger partial charge is 0.227 e. The molecule has 1 saturated heterocycles. The Bertz CT molecular complexity index is 717. The number of amides is 1. The van der Waals surface area contributed by atoms with Crippen LogP contribution in [0.5, 0.6) is 0 Å². The molecular weight excluding hydrogens is 315 g/mol. The molecule has 0 radical (unpaired) electrons. The lowest BCUT2D eigenvalue weighted by Crippen LogP contribution is -2.23. The van der Waals surface area contributed by atoms with E-state index in [1.54, 1.807) is 12.1 Å². The number of anilines is 2. The van der Waals surface area contributed by atoms with E-state index in [1.807, 2.05) is 36.1 Å². The van der Waals surface area contributed by atoms with Crippen LogP contribution in [0.3, 0.4) is 0 Å². The second kappa shape index (κ2) is 6.59. The number of hydrogen-bond donors (Lipinski definition) is 1. The van der Waals surface area contributed by atoms with E-state index in [4.69, 9.17) is 11.6 Å². The van der Waals surface area contributed by atoms with E-state index in [0.29, 0.717) is 6.42 Å². The topological polar surface area (TPSA) is 32.3 Å². The van der Waals surface area contributed by atoms with E-state index in [-0.39, 0.29) is 17.0 Å². The molecule has 0 aromatic heterocycles. The molecule has 2 aromatic rings. The van der Waals surface area contributed by atoms with Crippen LogP contribution in [0.1, 0.15) is 31.4 Å². The molecule has 1 N–H and O–H groups in total. The van der Waals surface area contributed by atoms with Crippen LogP contribution in [0.25, 0.3) is 0 Å². The van der Waals surface area contributed by atoms with Gasteiger partial charge in [0.15, 0.2) is 0 Å². The molecule has 5 heteroatoms. The van der Waals surface area contributed by atoms with Crippen LogP contribution >= 0.6 is 11.6 Å². The fourth-order valence-electron chi connectivity index (χ4n) is 2.77. The Hall–Kier alpha value is -2.07. The van der Waals surface area contributed by atoms with Gasteiger partial charge in [0.25, 0.3) is 0 Å². The monoisotopic (exact) mass is 332 g/mol. The van der Waals surface area contributed by atoms with Crippen molar-refractivity contribution in [2.45, 2.75) is 25.8 Å². The molecule has 1 fully saturated rings. The van der Waals surface area contributed by atoms with Gasteiger partial charge >= 0.3 is 0 Å². The molecule has 1 atom stereocenters. The molecule has 1 unspecified atom stereocenters. The van der Waals surface area contributed by atoms with Crippen molar-refractivity contribution in [1.82, 2.24) is 0 Å². The number of nitrogens with one attached hydrogen (secondary N) is 1. The van der Waals surface area contributed by atoms with Crippen molar-refractivity contribution in [3.8, 4) is 0 Å². The van der Waals surface area contributed by atoms with Gasteiger partial charge in [-0.2, -0.15) is 0 Å². The number of rotatable bonds is 4. The predicted molar refractivity (Wildman–Crippen MR) is 91.5 cm³/mol. The second-order valence-electron chi connectivity index (χ2n) is 5.74. The van der Waals surface area contributed by atoms with Gasteiger partial charge in [-0.3, -0.25) is 4.79 Å². The van der Waals surface area contributed by atoms with Crippen molar-refractivity contribution < 1.29 is 9.18 Å². The normalized spacial score (nSPS) is 15.8. The summed E-state index contributed by atoms with van der Waals surface area (Å²) in [5.74, 6) is -0.234. The lowest BCUT2D eigenvalue weighted by molar-refractivity contribution is -0.117. The van der Waals surface area contributed by atoms with Crippen molar-refractivity contribution in [1.29, 1.82) is 0 Å². The Kier molecular flexibility index (Phi) is 4.53. The number of nitrogens with zero attached hydrogens (tertiary/aromatic N) is 1. The van der Waals surface area contributed by atoms with Gasteiger partial charge in [0, 0.05) is 30.4 Å². The summed E-state index contributed by atoms with van der Waals surface area (Å²) >= 11 is 5.83. The summed E-state index contributed by atoms with van der Waals surface area (Å²) in [6.07, 6.45) is 1.55. The lowest BCUT2D eigenvalue weighted by Gasteiger charge is -2.19. The van der Waals surface area contributed by atoms with E-state index in [2.05, 4.69) is 5.32 Å². The van der Waals surface area contributed by atoms with Gasteiger partial charge in [0.1, 0.15) is 5.82 Å². The Morgan fingerprint density at radius 2 is 1.96 bits per heavy atom. The zero-order chi connectivity index (χ0) is 16.4. The molecular formula is C18H18ClFN2O. The molecule has 1 heterocycles. The molecule has 1 aliphatic heterocycles. The maximum absolute atomic E-state index is 13.2. The predicted octanol–water partition coefficient (Wildman–Crippen LogP) is 4.78. The highest BCUT2D eigenvalue weighted by Crippen LogP contribution is 2.26. The first-order valence-electron chi connectivity index (χ1n) is 7.66. The molecule has 2 aromatic carbocycles. The van der Waals surface area contributed by atoms with Crippen molar-refractivity contribution in [2.24, 2.45) is 0 Å². The molecule has 23 heavy (non-hydrogen) atoms. The molecule has 1 amide bonds. The summed E-state index contributed by atoms with van der Waals surface area (Å²) in [6.45, 7) is 2.78. The lowest BCUT2D eigenvalue weighted by atomic mass is 10.1. The molecule has 0 saturated carbocycles. The minimum atomic E-state index is -0.415. The van der Waals surface area contributed by atoms with Crippen molar-refractivity contribution in [2.75, 3.05) is 16.8 Å². The fourth-order valence-corrected chi connectivity index (χ4v) is 2.96. The van der Waals surface area contributed by atoms with Crippen molar-refractivity contribution in [3.05, 3.63) is 58.9 Å². The molecule has 120 valence electrons. The number of benzene rings is 2. The molecule has 1 aliphatic rings. The van der Waals surface area contributed by atoms with Crippen LogP contribution in [-0.4, -0.2) is 12.5 Å². The standard InChI is InChI=1S/C18H18ClFN2O/c1-12(13-4-9-17(20)16(19)11-13)21-14-5-7-15(8-6-14)22-10-2-3-18(22)23/h4-9,11-12,21H,2-3,10H2,1H3. The molecule has 0 spiro atoms. The van der Waals surface area contributed by atoms with Crippen LogP contribution in [-0.2, 0) is 4.79 Å². The summed E-state index contributed by atoms with van der Waals surface area (Å²) in [6, 6.07) is 12.5. The zero-order valence-corrected chi connectivity index (χ0v) is 13.6. The quantitative estimate of drug-likeness (QED) is 0.874. The fraction of sp³-hybridized carbons (Fsp3) is 0.278. The average molecular weight is 333 g/mol. The minimum absolute atomic E-state index is 0.00707. The minimum Gasteiger partial charge on any atom is -0.379 e. The summed E-state index contributed by atoms with van der Waals surface area (Å²) in [4.78, 5) is 13.6. The first-order valence-corrected chi connectivity index (χ1v) is 8.04. The first kappa shape index (κ1) is 15.8. The average Bonchev–Trinajstić information content (AvgIpc) is 2.97. The van der Waals surface area contributed by atoms with Crippen LogP contribution in [0, 0.1) is 5.82 Å². The number of halogens is 2. The zero-order valence-electron chi connectivity index (χ0n) is 12.9. The van der Waals surface area contributed by atoms with E-state index in [9.17, 15) is 9.18 Å². The highest BCUT2D eigenvalue weighted by molar-refractivity contribution is 6.30. The van der Waals surface area contributed by atoms with E-state index in [1.165, 1.54) is 6.07 Å². The second-order valence-corrected chi connectivity index (χ2v) is 6.14. The van der Waals surface area contributed by atoms with Crippen molar-refractivity contribution in [3.63, 3.8) is 0 Å². The molecule has 0 bridgehead atoms. The number of carbonyl (C=O) groups is 1.